The number of benzene rings is 1. The molecule has 102 valence electrons. The summed E-state index contributed by atoms with van der Waals surface area (Å²) in [6.07, 6.45) is 4.21. The average molecular weight is 268 g/mol. The van der Waals surface area contributed by atoms with Crippen LogP contribution in [0.25, 0.3) is 11.0 Å². The van der Waals surface area contributed by atoms with Crippen LogP contribution in [0.15, 0.2) is 23.0 Å². The van der Waals surface area contributed by atoms with Crippen molar-refractivity contribution in [3.05, 3.63) is 41.3 Å². The highest BCUT2D eigenvalue weighted by atomic mass is 16.5. The first-order chi connectivity index (χ1) is 9.70. The Labute approximate surface area is 116 Å². The molecule has 0 amide bonds. The monoisotopic (exact) mass is 268 g/mol. The van der Waals surface area contributed by atoms with Crippen molar-refractivity contribution in [3.63, 3.8) is 0 Å². The fourth-order valence-electron chi connectivity index (χ4n) is 2.42. The van der Waals surface area contributed by atoms with Crippen molar-refractivity contribution >= 4 is 11.0 Å². The first-order valence-corrected chi connectivity index (χ1v) is 6.95. The molecule has 20 heavy (non-hydrogen) atoms. The lowest BCUT2D eigenvalue weighted by molar-refractivity contribution is 0.367. The molecule has 1 saturated carbocycles. The number of hydrogen-bond donors (Lipinski definition) is 0. The number of rotatable bonds is 3. The molecule has 0 unspecified atom stereocenters. The lowest BCUT2D eigenvalue weighted by atomic mass is 10.1. The first-order valence-electron chi connectivity index (χ1n) is 6.95. The SMILES string of the molecule is Cc1cc2ncn(Cc3nc(C4CC4)no3)c2cc1C. The average Bonchev–Trinajstić information content (AvgIpc) is 3.07. The molecule has 2 heterocycles. The molecule has 1 aromatic carbocycles. The lowest BCUT2D eigenvalue weighted by Gasteiger charge is -2.03. The fraction of sp³-hybridized carbons (Fsp3) is 0.400. The van der Waals surface area contributed by atoms with Crippen LogP contribution in [0.3, 0.4) is 0 Å². The molecule has 3 aromatic rings. The predicted molar refractivity (Wildman–Crippen MR) is 74.6 cm³/mol. The molecule has 1 fully saturated rings. The Kier molecular flexibility index (Phi) is 2.42. The number of hydrogen-bond acceptors (Lipinski definition) is 4. The van der Waals surface area contributed by atoms with E-state index >= 15 is 0 Å². The molecule has 5 nitrogen and oxygen atoms in total. The van der Waals surface area contributed by atoms with Crippen LogP contribution >= 0.6 is 0 Å². The summed E-state index contributed by atoms with van der Waals surface area (Å²) in [5, 5.41) is 4.05. The number of imidazole rings is 1. The van der Waals surface area contributed by atoms with Gasteiger partial charge in [0.15, 0.2) is 5.82 Å². The minimum absolute atomic E-state index is 0.525. The van der Waals surface area contributed by atoms with E-state index in [-0.39, 0.29) is 0 Å². The van der Waals surface area contributed by atoms with Gasteiger partial charge in [0.05, 0.1) is 17.4 Å². The standard InChI is InChI=1S/C15H16N4O/c1-9-5-12-13(6-10(9)2)19(8-16-12)7-14-17-15(18-20-14)11-3-4-11/h5-6,8,11H,3-4,7H2,1-2H3. The normalized spacial score (nSPS) is 15.1. The minimum atomic E-state index is 0.525. The Morgan fingerprint density at radius 3 is 2.85 bits per heavy atom. The van der Waals surface area contributed by atoms with E-state index in [2.05, 4.69) is 45.7 Å². The molecule has 0 N–H and O–H groups in total. The Morgan fingerprint density at radius 1 is 1.25 bits per heavy atom. The summed E-state index contributed by atoms with van der Waals surface area (Å²) < 4.78 is 7.39. The molecule has 0 aliphatic heterocycles. The molecule has 0 saturated heterocycles. The zero-order chi connectivity index (χ0) is 13.7. The highest BCUT2D eigenvalue weighted by Crippen LogP contribution is 2.38. The zero-order valence-corrected chi connectivity index (χ0v) is 11.6. The van der Waals surface area contributed by atoms with Gasteiger partial charge in [0.25, 0.3) is 0 Å². The van der Waals surface area contributed by atoms with Gasteiger partial charge in [0.2, 0.25) is 5.89 Å². The van der Waals surface area contributed by atoms with Crippen molar-refractivity contribution in [3.8, 4) is 0 Å². The van der Waals surface area contributed by atoms with Crippen LogP contribution < -0.4 is 0 Å². The fourth-order valence-corrected chi connectivity index (χ4v) is 2.42. The highest BCUT2D eigenvalue weighted by Gasteiger charge is 2.28. The van der Waals surface area contributed by atoms with Gasteiger partial charge in [0.1, 0.15) is 6.54 Å². The maximum absolute atomic E-state index is 5.33. The van der Waals surface area contributed by atoms with Crippen LogP contribution in [0.1, 0.15) is 41.6 Å². The predicted octanol–water partition coefficient (Wildman–Crippen LogP) is 2.96. The van der Waals surface area contributed by atoms with Gasteiger partial charge in [-0.2, -0.15) is 4.98 Å². The van der Waals surface area contributed by atoms with Crippen molar-refractivity contribution < 1.29 is 4.52 Å². The molecule has 0 spiro atoms. The third-order valence-electron chi connectivity index (χ3n) is 3.97. The molecular formula is C15H16N4O. The Morgan fingerprint density at radius 2 is 2.05 bits per heavy atom. The second-order valence-electron chi connectivity index (χ2n) is 5.62. The Hall–Kier alpha value is -2.17. The number of aryl methyl sites for hydroxylation is 2. The molecule has 0 bridgehead atoms. The van der Waals surface area contributed by atoms with Gasteiger partial charge in [-0.25, -0.2) is 4.98 Å². The summed E-state index contributed by atoms with van der Waals surface area (Å²) >= 11 is 0. The van der Waals surface area contributed by atoms with Crippen molar-refractivity contribution in [1.82, 2.24) is 19.7 Å². The van der Waals surface area contributed by atoms with Gasteiger partial charge in [-0.15, -0.1) is 0 Å². The van der Waals surface area contributed by atoms with Crippen molar-refractivity contribution in [2.45, 2.75) is 39.2 Å². The lowest BCUT2D eigenvalue weighted by Crippen LogP contribution is -1.99. The highest BCUT2D eigenvalue weighted by molar-refractivity contribution is 5.77. The molecule has 2 aromatic heterocycles. The third-order valence-corrected chi connectivity index (χ3v) is 3.97. The van der Waals surface area contributed by atoms with Gasteiger partial charge in [-0.3, -0.25) is 0 Å². The summed E-state index contributed by atoms with van der Waals surface area (Å²) in [5.74, 6) is 2.04. The summed E-state index contributed by atoms with van der Waals surface area (Å²) in [4.78, 5) is 8.91. The van der Waals surface area contributed by atoms with Gasteiger partial charge in [-0.05, 0) is 49.9 Å². The first kappa shape index (κ1) is 11.6. The van der Waals surface area contributed by atoms with Crippen LogP contribution in [0, 0.1) is 13.8 Å². The molecule has 0 radical (unpaired) electrons. The van der Waals surface area contributed by atoms with E-state index in [1.165, 1.54) is 24.0 Å². The quantitative estimate of drug-likeness (QED) is 0.732. The van der Waals surface area contributed by atoms with Crippen LogP contribution in [0.5, 0.6) is 0 Å². The zero-order valence-electron chi connectivity index (χ0n) is 11.6. The smallest absolute Gasteiger partial charge is 0.246 e. The Bertz CT molecular complexity index is 782. The third kappa shape index (κ3) is 1.90. The van der Waals surface area contributed by atoms with Gasteiger partial charge < -0.3 is 9.09 Å². The summed E-state index contributed by atoms with van der Waals surface area (Å²) in [6, 6.07) is 4.28. The molecule has 4 rings (SSSR count). The maximum atomic E-state index is 5.33. The topological polar surface area (TPSA) is 56.7 Å². The van der Waals surface area contributed by atoms with Crippen molar-refractivity contribution in [1.29, 1.82) is 0 Å². The van der Waals surface area contributed by atoms with E-state index in [4.69, 9.17) is 4.52 Å². The van der Waals surface area contributed by atoms with E-state index < -0.39 is 0 Å². The molecule has 0 atom stereocenters. The summed E-state index contributed by atoms with van der Waals surface area (Å²) in [6.45, 7) is 4.80. The number of aromatic nitrogens is 4. The minimum Gasteiger partial charge on any atom is -0.337 e. The number of fused-ring (bicyclic) bond motifs is 1. The molecular weight excluding hydrogens is 252 g/mol. The second-order valence-corrected chi connectivity index (χ2v) is 5.62. The van der Waals surface area contributed by atoms with E-state index in [1.54, 1.807) is 0 Å². The molecule has 5 heteroatoms. The van der Waals surface area contributed by atoms with Crippen molar-refractivity contribution in [2.24, 2.45) is 0 Å². The van der Waals surface area contributed by atoms with Gasteiger partial charge in [-0.1, -0.05) is 5.16 Å². The van der Waals surface area contributed by atoms with Gasteiger partial charge in [0, 0.05) is 5.92 Å². The largest absolute Gasteiger partial charge is 0.337 e. The van der Waals surface area contributed by atoms with E-state index in [0.29, 0.717) is 18.4 Å². The van der Waals surface area contributed by atoms with Crippen LogP contribution in [0.4, 0.5) is 0 Å². The number of nitrogens with zero attached hydrogens (tertiary/aromatic N) is 4. The Balaban J connectivity index is 1.68. The van der Waals surface area contributed by atoms with Gasteiger partial charge >= 0.3 is 0 Å². The van der Waals surface area contributed by atoms with E-state index in [1.807, 2.05) is 6.33 Å². The van der Waals surface area contributed by atoms with Crippen LogP contribution in [-0.2, 0) is 6.54 Å². The molecule has 1 aliphatic rings. The van der Waals surface area contributed by atoms with E-state index in [9.17, 15) is 0 Å². The maximum Gasteiger partial charge on any atom is 0.246 e. The van der Waals surface area contributed by atoms with E-state index in [0.717, 1.165) is 16.9 Å². The van der Waals surface area contributed by atoms with Crippen LogP contribution in [-0.4, -0.2) is 19.7 Å². The summed E-state index contributed by atoms with van der Waals surface area (Å²) in [7, 11) is 0. The van der Waals surface area contributed by atoms with Crippen LogP contribution in [0.2, 0.25) is 0 Å². The summed E-state index contributed by atoms with van der Waals surface area (Å²) in [5.41, 5.74) is 4.65. The molecule has 1 aliphatic carbocycles. The second kappa shape index (κ2) is 4.16. The van der Waals surface area contributed by atoms with Crippen molar-refractivity contribution in [2.75, 3.05) is 0 Å².